The molecule has 0 aliphatic rings. The lowest BCUT2D eigenvalue weighted by Gasteiger charge is -2.25. The van der Waals surface area contributed by atoms with Gasteiger partial charge in [-0.05, 0) is 13.0 Å². The van der Waals surface area contributed by atoms with E-state index in [1.165, 1.54) is 23.8 Å². The van der Waals surface area contributed by atoms with E-state index < -0.39 is 37.2 Å². The smallest absolute Gasteiger partial charge is 0.261 e. The largest absolute Gasteiger partial charge is 0.394 e. The summed E-state index contributed by atoms with van der Waals surface area (Å²) in [7, 11) is 0. The number of anilines is 1. The van der Waals surface area contributed by atoms with E-state index >= 15 is 0 Å². The molecule has 21 heavy (non-hydrogen) atoms. The van der Waals surface area contributed by atoms with Crippen LogP contribution < -0.4 is 11.3 Å². The van der Waals surface area contributed by atoms with E-state index in [0.717, 1.165) is 0 Å². The number of aromatic amines is 1. The summed E-state index contributed by atoms with van der Waals surface area (Å²) in [6, 6.07) is 1.52. The fraction of sp³-hybridized carbons (Fsp3) is 0.500. The van der Waals surface area contributed by atoms with E-state index in [9.17, 15) is 20.1 Å². The van der Waals surface area contributed by atoms with Crippen LogP contribution >= 0.6 is 0 Å². The maximum absolute atomic E-state index is 11.7. The number of aliphatic hydroxyl groups excluding tert-OH is 3. The maximum atomic E-state index is 11.7. The number of aliphatic hydroxyl groups is 3. The SMILES string of the molecule is C[C@@H](O)[C@@H](CO)O[C@H](CO)n1ccc2c(=O)[nH]c(N)nc21. The van der Waals surface area contributed by atoms with E-state index in [1.807, 2.05) is 0 Å². The first-order chi connectivity index (χ1) is 9.97. The fourth-order valence-corrected chi connectivity index (χ4v) is 2.00. The Morgan fingerprint density at radius 2 is 2.19 bits per heavy atom. The molecule has 0 spiro atoms. The van der Waals surface area contributed by atoms with Crippen LogP contribution in [0.4, 0.5) is 5.95 Å². The zero-order valence-electron chi connectivity index (χ0n) is 11.4. The van der Waals surface area contributed by atoms with Crippen molar-refractivity contribution >= 4 is 17.0 Å². The van der Waals surface area contributed by atoms with Crippen LogP contribution in [0.2, 0.25) is 0 Å². The molecule has 0 aliphatic heterocycles. The Balaban J connectivity index is 2.41. The summed E-state index contributed by atoms with van der Waals surface area (Å²) in [5, 5.41) is 28.4. The number of nitrogens with two attached hydrogens (primary N) is 1. The fourth-order valence-electron chi connectivity index (χ4n) is 2.00. The number of hydrogen-bond donors (Lipinski definition) is 5. The van der Waals surface area contributed by atoms with Crippen LogP contribution in [0, 0.1) is 0 Å². The van der Waals surface area contributed by atoms with E-state index in [0.29, 0.717) is 5.39 Å². The first-order valence-electron chi connectivity index (χ1n) is 6.39. The average Bonchev–Trinajstić information content (AvgIpc) is 2.83. The highest BCUT2D eigenvalue weighted by Gasteiger charge is 2.23. The van der Waals surface area contributed by atoms with Gasteiger partial charge in [0, 0.05) is 6.20 Å². The quantitative estimate of drug-likeness (QED) is 0.438. The van der Waals surface area contributed by atoms with E-state index in [4.69, 9.17) is 10.5 Å². The van der Waals surface area contributed by atoms with Crippen molar-refractivity contribution < 1.29 is 20.1 Å². The third-order valence-electron chi connectivity index (χ3n) is 3.12. The summed E-state index contributed by atoms with van der Waals surface area (Å²) in [4.78, 5) is 18.1. The zero-order valence-corrected chi connectivity index (χ0v) is 11.4. The minimum atomic E-state index is -0.924. The Morgan fingerprint density at radius 3 is 2.76 bits per heavy atom. The molecule has 0 amide bonds. The first-order valence-corrected chi connectivity index (χ1v) is 6.39. The average molecular weight is 298 g/mol. The molecule has 0 saturated carbocycles. The van der Waals surface area contributed by atoms with Gasteiger partial charge >= 0.3 is 0 Å². The van der Waals surface area contributed by atoms with Gasteiger partial charge in [0.2, 0.25) is 5.95 Å². The molecule has 0 fully saturated rings. The van der Waals surface area contributed by atoms with Gasteiger partial charge in [0.05, 0.1) is 24.7 Å². The van der Waals surface area contributed by atoms with Gasteiger partial charge in [-0.3, -0.25) is 9.78 Å². The molecule has 2 aromatic rings. The van der Waals surface area contributed by atoms with Crippen LogP contribution in [-0.4, -0.2) is 55.3 Å². The van der Waals surface area contributed by atoms with Crippen LogP contribution in [0.25, 0.3) is 11.0 Å². The number of nitrogen functional groups attached to an aromatic ring is 1. The van der Waals surface area contributed by atoms with Gasteiger partial charge in [-0.15, -0.1) is 0 Å². The van der Waals surface area contributed by atoms with Crippen molar-refractivity contribution in [3.63, 3.8) is 0 Å². The number of ether oxygens (including phenoxy) is 1. The van der Waals surface area contributed by atoms with Crippen molar-refractivity contribution in [2.24, 2.45) is 0 Å². The molecule has 2 rings (SSSR count). The Bertz CT molecular complexity index is 665. The number of rotatable bonds is 6. The molecular weight excluding hydrogens is 280 g/mol. The molecule has 3 atom stereocenters. The van der Waals surface area contributed by atoms with Crippen LogP contribution in [-0.2, 0) is 4.74 Å². The Kier molecular flexibility index (Phi) is 4.58. The van der Waals surface area contributed by atoms with Gasteiger partial charge in [0.15, 0.2) is 11.9 Å². The highest BCUT2D eigenvalue weighted by atomic mass is 16.5. The van der Waals surface area contributed by atoms with Crippen LogP contribution in [0.15, 0.2) is 17.1 Å². The molecule has 9 nitrogen and oxygen atoms in total. The summed E-state index contributed by atoms with van der Waals surface area (Å²) in [6.45, 7) is 0.620. The Labute approximate surface area is 119 Å². The maximum Gasteiger partial charge on any atom is 0.261 e. The van der Waals surface area contributed by atoms with Gasteiger partial charge < -0.3 is 30.4 Å². The number of H-pyrrole nitrogens is 1. The summed E-state index contributed by atoms with van der Waals surface area (Å²) in [6.07, 6.45) is -1.20. The van der Waals surface area contributed by atoms with E-state index in [1.54, 1.807) is 0 Å². The molecule has 0 aliphatic carbocycles. The first kappa shape index (κ1) is 15.4. The third kappa shape index (κ3) is 3.05. The van der Waals surface area contributed by atoms with Gasteiger partial charge in [-0.1, -0.05) is 0 Å². The van der Waals surface area contributed by atoms with E-state index in [2.05, 4.69) is 9.97 Å². The number of aromatic nitrogens is 3. The highest BCUT2D eigenvalue weighted by molar-refractivity contribution is 5.76. The van der Waals surface area contributed by atoms with E-state index in [-0.39, 0.29) is 11.6 Å². The Hall–Kier alpha value is -1.94. The van der Waals surface area contributed by atoms with Crippen LogP contribution in [0.3, 0.4) is 0 Å². The monoisotopic (exact) mass is 298 g/mol. The molecule has 2 heterocycles. The minimum Gasteiger partial charge on any atom is -0.394 e. The lowest BCUT2D eigenvalue weighted by Crippen LogP contribution is -2.34. The van der Waals surface area contributed by atoms with Gasteiger partial charge in [0.25, 0.3) is 5.56 Å². The molecule has 116 valence electrons. The lowest BCUT2D eigenvalue weighted by atomic mass is 10.2. The van der Waals surface area contributed by atoms with Crippen molar-refractivity contribution in [1.82, 2.24) is 14.5 Å². The third-order valence-corrected chi connectivity index (χ3v) is 3.12. The molecule has 0 aromatic carbocycles. The summed E-state index contributed by atoms with van der Waals surface area (Å²) in [5.74, 6) is -0.0571. The molecule has 0 radical (unpaired) electrons. The van der Waals surface area contributed by atoms with Crippen molar-refractivity contribution in [3.05, 3.63) is 22.6 Å². The van der Waals surface area contributed by atoms with Crippen molar-refractivity contribution in [2.45, 2.75) is 25.4 Å². The summed E-state index contributed by atoms with van der Waals surface area (Å²) < 4.78 is 6.89. The topological polar surface area (TPSA) is 147 Å². The standard InChI is InChI=1S/C12H18N4O5/c1-6(19)8(4-17)21-9(5-18)16-3-2-7-10(16)14-12(13)15-11(7)20/h2-3,6,8-9,17-19H,4-5H2,1H3,(H3,13,14,15,20)/t6-,8-,9-/m1/s1. The van der Waals surface area contributed by atoms with Crippen molar-refractivity contribution in [2.75, 3.05) is 18.9 Å². The second-order valence-corrected chi connectivity index (χ2v) is 4.65. The van der Waals surface area contributed by atoms with Crippen LogP contribution in [0.1, 0.15) is 13.2 Å². The predicted molar refractivity (Wildman–Crippen MR) is 74.5 cm³/mol. The molecule has 0 unspecified atom stereocenters. The molecule has 6 N–H and O–H groups in total. The predicted octanol–water partition coefficient (Wildman–Crippen LogP) is -1.44. The molecule has 0 bridgehead atoms. The van der Waals surface area contributed by atoms with Gasteiger partial charge in [-0.25, -0.2) is 0 Å². The zero-order chi connectivity index (χ0) is 15.6. The molecular formula is C12H18N4O5. The van der Waals surface area contributed by atoms with Crippen molar-refractivity contribution in [1.29, 1.82) is 0 Å². The second kappa shape index (κ2) is 6.22. The van der Waals surface area contributed by atoms with Crippen LogP contribution in [0.5, 0.6) is 0 Å². The lowest BCUT2D eigenvalue weighted by molar-refractivity contribution is -0.131. The van der Waals surface area contributed by atoms with Gasteiger partial charge in [-0.2, -0.15) is 4.98 Å². The minimum absolute atomic E-state index is 0.0571. The highest BCUT2D eigenvalue weighted by Crippen LogP contribution is 2.19. The molecule has 2 aromatic heterocycles. The molecule has 0 saturated heterocycles. The van der Waals surface area contributed by atoms with Gasteiger partial charge in [0.1, 0.15) is 6.10 Å². The normalized spacial score (nSPS) is 16.0. The Morgan fingerprint density at radius 1 is 1.48 bits per heavy atom. The number of fused-ring (bicyclic) bond motifs is 1. The number of nitrogens with one attached hydrogen (secondary N) is 1. The van der Waals surface area contributed by atoms with Crippen molar-refractivity contribution in [3.8, 4) is 0 Å². The summed E-state index contributed by atoms with van der Waals surface area (Å²) >= 11 is 0. The number of nitrogens with zero attached hydrogens (tertiary/aromatic N) is 2. The number of hydrogen-bond acceptors (Lipinski definition) is 7. The second-order valence-electron chi connectivity index (χ2n) is 4.65. The summed E-state index contributed by atoms with van der Waals surface area (Å²) in [5.41, 5.74) is 5.35. The molecule has 9 heteroatoms.